The van der Waals surface area contributed by atoms with Crippen molar-refractivity contribution in [1.82, 2.24) is 10.2 Å². The molecule has 0 aliphatic carbocycles. The Morgan fingerprint density at radius 3 is 2.33 bits per heavy atom. The van der Waals surface area contributed by atoms with Crippen LogP contribution in [0.4, 0.5) is 0 Å². The maximum atomic E-state index is 11.4. The highest BCUT2D eigenvalue weighted by Crippen LogP contribution is 1.93. The topological polar surface area (TPSA) is 32.3 Å². The molecule has 3 nitrogen and oxygen atoms in total. The summed E-state index contributed by atoms with van der Waals surface area (Å²) >= 11 is 0. The molecule has 1 N–H and O–H groups in total. The van der Waals surface area contributed by atoms with Crippen LogP contribution in [0.15, 0.2) is 0 Å². The summed E-state index contributed by atoms with van der Waals surface area (Å²) < 4.78 is 0. The lowest BCUT2D eigenvalue weighted by Crippen LogP contribution is -2.31. The van der Waals surface area contributed by atoms with Crippen molar-refractivity contribution in [2.75, 3.05) is 26.2 Å². The first-order valence-corrected chi connectivity index (χ1v) is 6.23. The van der Waals surface area contributed by atoms with Crippen LogP contribution in [-0.4, -0.2) is 37.0 Å². The fourth-order valence-corrected chi connectivity index (χ4v) is 1.49. The molecule has 0 spiro atoms. The molecule has 15 heavy (non-hydrogen) atoms. The van der Waals surface area contributed by atoms with E-state index in [2.05, 4.69) is 31.0 Å². The standard InChI is InChI=1S/C12H26N2O/c1-4-7-8-10-13-12(15)9-11-14(5-2)6-3/h4-11H2,1-3H3,(H,13,15). The Bertz CT molecular complexity index is 156. The number of amides is 1. The van der Waals surface area contributed by atoms with Crippen molar-refractivity contribution in [3.8, 4) is 0 Å². The zero-order valence-electron chi connectivity index (χ0n) is 10.5. The lowest BCUT2D eigenvalue weighted by atomic mass is 10.2. The summed E-state index contributed by atoms with van der Waals surface area (Å²) in [6.45, 7) is 10.2. The number of carbonyl (C=O) groups excluding carboxylic acids is 1. The number of nitrogens with zero attached hydrogens (tertiary/aromatic N) is 1. The van der Waals surface area contributed by atoms with E-state index in [1.54, 1.807) is 0 Å². The van der Waals surface area contributed by atoms with Gasteiger partial charge >= 0.3 is 0 Å². The maximum Gasteiger partial charge on any atom is 0.221 e. The molecule has 0 saturated heterocycles. The van der Waals surface area contributed by atoms with Crippen LogP contribution in [0.2, 0.25) is 0 Å². The third-order valence-corrected chi connectivity index (χ3v) is 2.65. The van der Waals surface area contributed by atoms with Crippen molar-refractivity contribution in [2.24, 2.45) is 0 Å². The Labute approximate surface area is 94.2 Å². The van der Waals surface area contributed by atoms with E-state index in [1.807, 2.05) is 0 Å². The summed E-state index contributed by atoms with van der Waals surface area (Å²) in [4.78, 5) is 13.7. The van der Waals surface area contributed by atoms with Gasteiger partial charge in [-0.2, -0.15) is 0 Å². The Balaban J connectivity index is 3.40. The molecule has 0 heterocycles. The second kappa shape index (κ2) is 9.97. The molecule has 0 aromatic heterocycles. The number of hydrogen-bond acceptors (Lipinski definition) is 2. The van der Waals surface area contributed by atoms with E-state index in [-0.39, 0.29) is 5.91 Å². The van der Waals surface area contributed by atoms with E-state index in [4.69, 9.17) is 0 Å². The van der Waals surface area contributed by atoms with Crippen LogP contribution in [0.1, 0.15) is 46.5 Å². The normalized spacial score (nSPS) is 10.7. The fourth-order valence-electron chi connectivity index (χ4n) is 1.49. The quantitative estimate of drug-likeness (QED) is 0.596. The molecule has 0 fully saturated rings. The van der Waals surface area contributed by atoms with Crippen molar-refractivity contribution in [1.29, 1.82) is 0 Å². The molecule has 0 bridgehead atoms. The lowest BCUT2D eigenvalue weighted by Gasteiger charge is -2.17. The summed E-state index contributed by atoms with van der Waals surface area (Å²) in [6.07, 6.45) is 4.15. The Morgan fingerprint density at radius 2 is 1.80 bits per heavy atom. The highest BCUT2D eigenvalue weighted by atomic mass is 16.1. The zero-order valence-corrected chi connectivity index (χ0v) is 10.5. The van der Waals surface area contributed by atoms with Crippen LogP contribution in [0.5, 0.6) is 0 Å². The second-order valence-electron chi connectivity index (χ2n) is 3.83. The molecule has 0 aliphatic heterocycles. The van der Waals surface area contributed by atoms with Crippen LogP contribution in [-0.2, 0) is 4.79 Å². The lowest BCUT2D eigenvalue weighted by molar-refractivity contribution is -0.121. The van der Waals surface area contributed by atoms with Gasteiger partial charge in [-0.3, -0.25) is 4.79 Å². The number of unbranched alkanes of at least 4 members (excludes halogenated alkanes) is 2. The van der Waals surface area contributed by atoms with Crippen molar-refractivity contribution < 1.29 is 4.79 Å². The highest BCUT2D eigenvalue weighted by Gasteiger charge is 2.03. The molecule has 3 heteroatoms. The van der Waals surface area contributed by atoms with E-state index in [9.17, 15) is 4.79 Å². The first kappa shape index (κ1) is 14.4. The minimum absolute atomic E-state index is 0.193. The summed E-state index contributed by atoms with van der Waals surface area (Å²) in [7, 11) is 0. The average Bonchev–Trinajstić information content (AvgIpc) is 2.26. The third kappa shape index (κ3) is 8.43. The van der Waals surface area contributed by atoms with E-state index in [0.717, 1.165) is 32.6 Å². The first-order chi connectivity index (χ1) is 7.24. The molecule has 1 amide bonds. The summed E-state index contributed by atoms with van der Waals surface area (Å²) in [5.74, 6) is 0.193. The van der Waals surface area contributed by atoms with Gasteiger partial charge in [-0.25, -0.2) is 0 Å². The smallest absolute Gasteiger partial charge is 0.221 e. The van der Waals surface area contributed by atoms with Gasteiger partial charge < -0.3 is 10.2 Å². The number of rotatable bonds is 9. The third-order valence-electron chi connectivity index (χ3n) is 2.65. The van der Waals surface area contributed by atoms with E-state index in [1.165, 1.54) is 12.8 Å². The molecule has 0 atom stereocenters. The predicted octanol–water partition coefficient (Wildman–Crippen LogP) is 2.02. The van der Waals surface area contributed by atoms with Crippen LogP contribution in [0, 0.1) is 0 Å². The van der Waals surface area contributed by atoms with Crippen molar-refractivity contribution in [3.63, 3.8) is 0 Å². The molecule has 0 radical (unpaired) electrons. The summed E-state index contributed by atoms with van der Waals surface area (Å²) in [6, 6.07) is 0. The highest BCUT2D eigenvalue weighted by molar-refractivity contribution is 5.75. The number of nitrogens with one attached hydrogen (secondary N) is 1. The molecular formula is C12H26N2O. The van der Waals surface area contributed by atoms with Gasteiger partial charge in [-0.15, -0.1) is 0 Å². The van der Waals surface area contributed by atoms with Gasteiger partial charge in [0.05, 0.1) is 0 Å². The summed E-state index contributed by atoms with van der Waals surface area (Å²) in [5.41, 5.74) is 0. The molecular weight excluding hydrogens is 188 g/mol. The van der Waals surface area contributed by atoms with Crippen LogP contribution < -0.4 is 5.32 Å². The van der Waals surface area contributed by atoms with Gasteiger partial charge in [0, 0.05) is 19.5 Å². The van der Waals surface area contributed by atoms with Crippen molar-refractivity contribution in [3.05, 3.63) is 0 Å². The number of carbonyl (C=O) groups is 1. The van der Waals surface area contributed by atoms with Gasteiger partial charge in [-0.1, -0.05) is 33.6 Å². The van der Waals surface area contributed by atoms with Gasteiger partial charge in [0.25, 0.3) is 0 Å². The van der Waals surface area contributed by atoms with E-state index >= 15 is 0 Å². The van der Waals surface area contributed by atoms with Crippen molar-refractivity contribution >= 4 is 5.91 Å². The van der Waals surface area contributed by atoms with Gasteiger partial charge in [-0.05, 0) is 19.5 Å². The monoisotopic (exact) mass is 214 g/mol. The summed E-state index contributed by atoms with van der Waals surface area (Å²) in [5, 5.41) is 2.96. The largest absolute Gasteiger partial charge is 0.356 e. The Kier molecular flexibility index (Phi) is 9.59. The molecule has 0 aliphatic rings. The van der Waals surface area contributed by atoms with Crippen LogP contribution in [0.25, 0.3) is 0 Å². The molecule has 0 unspecified atom stereocenters. The first-order valence-electron chi connectivity index (χ1n) is 6.23. The van der Waals surface area contributed by atoms with E-state index in [0.29, 0.717) is 6.42 Å². The van der Waals surface area contributed by atoms with E-state index < -0.39 is 0 Å². The average molecular weight is 214 g/mol. The van der Waals surface area contributed by atoms with Crippen LogP contribution >= 0.6 is 0 Å². The van der Waals surface area contributed by atoms with Gasteiger partial charge in [0.1, 0.15) is 0 Å². The molecule has 90 valence electrons. The Hall–Kier alpha value is -0.570. The predicted molar refractivity (Wildman–Crippen MR) is 64.9 cm³/mol. The molecule has 0 rings (SSSR count). The molecule has 0 aromatic rings. The zero-order chi connectivity index (χ0) is 11.5. The van der Waals surface area contributed by atoms with Crippen LogP contribution in [0.3, 0.4) is 0 Å². The molecule has 0 aromatic carbocycles. The van der Waals surface area contributed by atoms with Gasteiger partial charge in [0.2, 0.25) is 5.91 Å². The minimum Gasteiger partial charge on any atom is -0.356 e. The Morgan fingerprint density at radius 1 is 1.13 bits per heavy atom. The maximum absolute atomic E-state index is 11.4. The van der Waals surface area contributed by atoms with Crippen molar-refractivity contribution in [2.45, 2.75) is 46.5 Å². The second-order valence-corrected chi connectivity index (χ2v) is 3.83. The SMILES string of the molecule is CCCCCNC(=O)CCN(CC)CC. The fraction of sp³-hybridized carbons (Fsp3) is 0.917. The minimum atomic E-state index is 0.193. The number of hydrogen-bond donors (Lipinski definition) is 1. The molecule has 0 saturated carbocycles. The van der Waals surface area contributed by atoms with Gasteiger partial charge in [0.15, 0.2) is 0 Å².